The Hall–Kier alpha value is -3.26. The number of nitrogens with one attached hydrogen (secondary N) is 2. The van der Waals surface area contributed by atoms with E-state index in [1.54, 1.807) is 30.5 Å². The molecule has 0 atom stereocenters. The number of nitrogens with zero attached hydrogens (tertiary/aromatic N) is 2. The van der Waals surface area contributed by atoms with Crippen molar-refractivity contribution in [2.75, 3.05) is 19.5 Å². The summed E-state index contributed by atoms with van der Waals surface area (Å²) in [6, 6.07) is 6.83. The monoisotopic (exact) mass is 388 g/mol. The predicted octanol–water partition coefficient (Wildman–Crippen LogP) is 3.41. The number of carbonyl (C=O) groups is 1. The van der Waals surface area contributed by atoms with Gasteiger partial charge in [-0.15, -0.1) is 0 Å². The van der Waals surface area contributed by atoms with Gasteiger partial charge in [-0.2, -0.15) is 0 Å². The smallest absolute Gasteiger partial charge is 0.254 e. The van der Waals surface area contributed by atoms with Gasteiger partial charge in [0.15, 0.2) is 0 Å². The molecule has 2 heterocycles. The predicted molar refractivity (Wildman–Crippen MR) is 99.7 cm³/mol. The summed E-state index contributed by atoms with van der Waals surface area (Å²) in [6.45, 7) is 0.285. The number of aromatic nitrogens is 2. The molecule has 0 unspecified atom stereocenters. The molecule has 3 rings (SSSR count). The molecule has 2 aromatic heterocycles. The van der Waals surface area contributed by atoms with Gasteiger partial charge >= 0.3 is 0 Å². The van der Waals surface area contributed by atoms with Crippen LogP contribution < -0.4 is 20.1 Å². The Balaban J connectivity index is 1.69. The average molecular weight is 389 g/mol. The number of anilines is 2. The third-order valence-corrected chi connectivity index (χ3v) is 3.93. The number of halogens is 1. The average Bonchev–Trinajstić information content (AvgIpc) is 3.21. The Bertz CT molecular complexity index is 914. The Kier molecular flexibility index (Phi) is 5.77. The second-order valence-electron chi connectivity index (χ2n) is 5.37. The first-order valence-corrected chi connectivity index (χ1v) is 8.29. The van der Waals surface area contributed by atoms with Crippen molar-refractivity contribution in [3.8, 4) is 11.5 Å². The van der Waals surface area contributed by atoms with E-state index in [9.17, 15) is 4.79 Å². The maximum Gasteiger partial charge on any atom is 0.254 e. The summed E-state index contributed by atoms with van der Waals surface area (Å²) in [5, 5.41) is 6.16. The summed E-state index contributed by atoms with van der Waals surface area (Å²) >= 11 is 6.09. The largest absolute Gasteiger partial charge is 0.495 e. The Labute approximate surface area is 160 Å². The number of benzene rings is 1. The van der Waals surface area contributed by atoms with Gasteiger partial charge < -0.3 is 24.5 Å². The summed E-state index contributed by atoms with van der Waals surface area (Å²) in [4.78, 5) is 20.4. The fourth-order valence-electron chi connectivity index (χ4n) is 2.27. The molecule has 9 heteroatoms. The van der Waals surface area contributed by atoms with Crippen molar-refractivity contribution in [2.45, 2.75) is 6.54 Å². The summed E-state index contributed by atoms with van der Waals surface area (Å²) in [5.41, 5.74) is 0.904. The molecule has 0 fully saturated rings. The molecule has 1 aromatic carbocycles. The summed E-state index contributed by atoms with van der Waals surface area (Å²) in [6.07, 6.45) is 4.39. The highest BCUT2D eigenvalue weighted by molar-refractivity contribution is 6.32. The SMILES string of the molecule is COc1cc(Nc2ncc(C(=O)NCc3ccco3)cn2)c(OC)cc1Cl. The Morgan fingerprint density at radius 2 is 1.93 bits per heavy atom. The number of rotatable bonds is 7. The van der Waals surface area contributed by atoms with Crippen molar-refractivity contribution in [1.29, 1.82) is 0 Å². The first-order valence-electron chi connectivity index (χ1n) is 7.92. The Morgan fingerprint density at radius 1 is 1.19 bits per heavy atom. The van der Waals surface area contributed by atoms with Crippen LogP contribution in [0.5, 0.6) is 11.5 Å². The summed E-state index contributed by atoms with van der Waals surface area (Å²) in [7, 11) is 3.04. The lowest BCUT2D eigenvalue weighted by Crippen LogP contribution is -2.23. The first-order chi connectivity index (χ1) is 13.1. The molecular weight excluding hydrogens is 372 g/mol. The molecule has 0 radical (unpaired) electrons. The number of methoxy groups -OCH3 is 2. The molecule has 0 saturated carbocycles. The van der Waals surface area contributed by atoms with Crippen molar-refractivity contribution in [1.82, 2.24) is 15.3 Å². The van der Waals surface area contributed by atoms with Crippen LogP contribution in [0.2, 0.25) is 5.02 Å². The molecule has 0 saturated heterocycles. The van der Waals surface area contributed by atoms with E-state index in [4.69, 9.17) is 25.5 Å². The quantitative estimate of drug-likeness (QED) is 0.639. The van der Waals surface area contributed by atoms with Gasteiger partial charge in [-0.25, -0.2) is 9.97 Å². The van der Waals surface area contributed by atoms with E-state index in [1.807, 2.05) is 0 Å². The van der Waals surface area contributed by atoms with Gasteiger partial charge in [0.05, 0.1) is 43.3 Å². The number of carbonyl (C=O) groups excluding carboxylic acids is 1. The number of amides is 1. The molecule has 3 aromatic rings. The fourth-order valence-corrected chi connectivity index (χ4v) is 2.50. The van der Waals surface area contributed by atoms with Crippen LogP contribution in [0, 0.1) is 0 Å². The zero-order valence-corrected chi connectivity index (χ0v) is 15.4. The van der Waals surface area contributed by atoms with Gasteiger partial charge in [-0.1, -0.05) is 11.6 Å². The van der Waals surface area contributed by atoms with Crippen LogP contribution in [-0.2, 0) is 6.54 Å². The van der Waals surface area contributed by atoms with E-state index in [2.05, 4.69) is 20.6 Å². The van der Waals surface area contributed by atoms with Crippen LogP contribution in [0.4, 0.5) is 11.6 Å². The number of ether oxygens (including phenoxy) is 2. The van der Waals surface area contributed by atoms with Gasteiger partial charge in [0.2, 0.25) is 5.95 Å². The summed E-state index contributed by atoms with van der Waals surface area (Å²) in [5.74, 6) is 1.63. The molecular formula is C18H17ClN4O4. The van der Waals surface area contributed by atoms with E-state index in [-0.39, 0.29) is 12.5 Å². The second-order valence-corrected chi connectivity index (χ2v) is 5.78. The lowest BCUT2D eigenvalue weighted by molar-refractivity contribution is 0.0947. The molecule has 0 aliphatic carbocycles. The Morgan fingerprint density at radius 3 is 2.56 bits per heavy atom. The lowest BCUT2D eigenvalue weighted by atomic mass is 10.2. The molecule has 0 aliphatic heterocycles. The molecule has 1 amide bonds. The van der Waals surface area contributed by atoms with Crippen LogP contribution in [0.25, 0.3) is 0 Å². The second kappa shape index (κ2) is 8.41. The molecule has 2 N–H and O–H groups in total. The zero-order chi connectivity index (χ0) is 19.2. The van der Waals surface area contributed by atoms with Gasteiger partial charge in [0.25, 0.3) is 5.91 Å². The topological polar surface area (TPSA) is 98.5 Å². The van der Waals surface area contributed by atoms with E-state index in [0.29, 0.717) is 39.5 Å². The van der Waals surface area contributed by atoms with E-state index in [0.717, 1.165) is 0 Å². The minimum Gasteiger partial charge on any atom is -0.495 e. The van der Waals surface area contributed by atoms with Crippen molar-refractivity contribution in [2.24, 2.45) is 0 Å². The van der Waals surface area contributed by atoms with Crippen molar-refractivity contribution >= 4 is 29.1 Å². The van der Waals surface area contributed by atoms with E-state index >= 15 is 0 Å². The molecule has 0 bridgehead atoms. The summed E-state index contributed by atoms with van der Waals surface area (Å²) < 4.78 is 15.7. The maximum atomic E-state index is 12.1. The highest BCUT2D eigenvalue weighted by atomic mass is 35.5. The number of hydrogen-bond donors (Lipinski definition) is 2. The van der Waals surface area contributed by atoms with Gasteiger partial charge in [0.1, 0.15) is 17.3 Å². The van der Waals surface area contributed by atoms with Gasteiger partial charge in [0, 0.05) is 24.5 Å². The number of furan rings is 1. The van der Waals surface area contributed by atoms with Crippen LogP contribution >= 0.6 is 11.6 Å². The van der Waals surface area contributed by atoms with Crippen molar-refractivity contribution in [3.63, 3.8) is 0 Å². The minimum atomic E-state index is -0.302. The normalized spacial score (nSPS) is 10.3. The number of hydrogen-bond acceptors (Lipinski definition) is 7. The zero-order valence-electron chi connectivity index (χ0n) is 14.7. The molecule has 0 aliphatic rings. The molecule has 27 heavy (non-hydrogen) atoms. The van der Waals surface area contributed by atoms with E-state index < -0.39 is 0 Å². The van der Waals surface area contributed by atoms with Crippen LogP contribution in [-0.4, -0.2) is 30.1 Å². The first kappa shape index (κ1) is 18.5. The van der Waals surface area contributed by atoms with Crippen LogP contribution in [0.1, 0.15) is 16.1 Å². The fraction of sp³-hybridized carbons (Fsp3) is 0.167. The van der Waals surface area contributed by atoms with Gasteiger partial charge in [-0.3, -0.25) is 4.79 Å². The highest BCUT2D eigenvalue weighted by Crippen LogP contribution is 2.36. The van der Waals surface area contributed by atoms with E-state index in [1.165, 1.54) is 26.6 Å². The molecule has 0 spiro atoms. The minimum absolute atomic E-state index is 0.285. The van der Waals surface area contributed by atoms with Gasteiger partial charge in [-0.05, 0) is 12.1 Å². The maximum absolute atomic E-state index is 12.1. The highest BCUT2D eigenvalue weighted by Gasteiger charge is 2.12. The molecule has 8 nitrogen and oxygen atoms in total. The third-order valence-electron chi connectivity index (χ3n) is 3.64. The van der Waals surface area contributed by atoms with Crippen molar-refractivity contribution < 1.29 is 18.7 Å². The van der Waals surface area contributed by atoms with Crippen molar-refractivity contribution in [3.05, 3.63) is 59.3 Å². The standard InChI is InChI=1S/C18H17ClN4O4/c1-25-15-7-14(16(26-2)6-13(15)19)23-18-21-8-11(9-22-18)17(24)20-10-12-4-3-5-27-12/h3-9H,10H2,1-2H3,(H,20,24)(H,21,22,23). The third kappa shape index (κ3) is 4.48. The van der Waals surface area contributed by atoms with Crippen LogP contribution in [0.3, 0.4) is 0 Å². The molecule has 140 valence electrons. The van der Waals surface area contributed by atoms with Crippen LogP contribution in [0.15, 0.2) is 47.3 Å². The lowest BCUT2D eigenvalue weighted by Gasteiger charge is -2.13.